The van der Waals surface area contributed by atoms with E-state index in [4.69, 9.17) is 4.74 Å². The van der Waals surface area contributed by atoms with Gasteiger partial charge in [-0.15, -0.1) is 0 Å². The molecular weight excluding hydrogens is 237 g/mol. The number of halogens is 1. The Morgan fingerprint density at radius 2 is 2.41 bits per heavy atom. The van der Waals surface area contributed by atoms with Crippen LogP contribution >= 0.6 is 11.8 Å². The van der Waals surface area contributed by atoms with Gasteiger partial charge in [0, 0.05) is 23.5 Å². The van der Waals surface area contributed by atoms with E-state index in [1.54, 1.807) is 6.07 Å². The molecule has 0 aliphatic carbocycles. The highest BCUT2D eigenvalue weighted by Crippen LogP contribution is 2.24. The van der Waals surface area contributed by atoms with Gasteiger partial charge in [0.15, 0.2) is 11.6 Å². The summed E-state index contributed by atoms with van der Waals surface area (Å²) in [6.45, 7) is 2.34. The van der Waals surface area contributed by atoms with Crippen LogP contribution in [0.1, 0.15) is 19.8 Å². The first-order valence-corrected chi connectivity index (χ1v) is 7.21. The zero-order chi connectivity index (χ0) is 12.1. The third-order valence-electron chi connectivity index (χ3n) is 2.76. The summed E-state index contributed by atoms with van der Waals surface area (Å²) in [6.07, 6.45) is 2.41. The van der Waals surface area contributed by atoms with E-state index in [1.807, 2.05) is 24.8 Å². The summed E-state index contributed by atoms with van der Waals surface area (Å²) in [6, 6.07) is 5.56. The van der Waals surface area contributed by atoms with Gasteiger partial charge in [0.2, 0.25) is 0 Å². The second-order valence-electron chi connectivity index (χ2n) is 4.14. The lowest BCUT2D eigenvalue weighted by Gasteiger charge is -2.23. The number of hydrogen-bond acceptors (Lipinski definition) is 3. The van der Waals surface area contributed by atoms with E-state index in [-0.39, 0.29) is 5.82 Å². The van der Waals surface area contributed by atoms with Gasteiger partial charge in [-0.3, -0.25) is 0 Å². The molecule has 0 spiro atoms. The minimum atomic E-state index is -0.291. The van der Waals surface area contributed by atoms with Gasteiger partial charge < -0.3 is 10.1 Å². The molecule has 1 aliphatic heterocycles. The molecule has 2 rings (SSSR count). The van der Waals surface area contributed by atoms with Crippen molar-refractivity contribution in [3.05, 3.63) is 24.0 Å². The van der Waals surface area contributed by atoms with E-state index in [1.165, 1.54) is 24.7 Å². The Morgan fingerprint density at radius 3 is 3.06 bits per heavy atom. The van der Waals surface area contributed by atoms with E-state index >= 15 is 0 Å². The smallest absolute Gasteiger partial charge is 0.167 e. The van der Waals surface area contributed by atoms with Gasteiger partial charge in [0.1, 0.15) is 0 Å². The number of hydrogen-bond donors (Lipinski definition) is 1. The number of ether oxygens (including phenoxy) is 1. The zero-order valence-electron chi connectivity index (χ0n) is 10.0. The highest BCUT2D eigenvalue weighted by atomic mass is 32.2. The van der Waals surface area contributed by atoms with Crippen LogP contribution in [0.5, 0.6) is 5.75 Å². The lowest BCUT2D eigenvalue weighted by molar-refractivity contribution is 0.321. The van der Waals surface area contributed by atoms with Gasteiger partial charge in [0.25, 0.3) is 0 Å². The largest absolute Gasteiger partial charge is 0.491 e. The van der Waals surface area contributed by atoms with Crippen molar-refractivity contribution in [2.45, 2.75) is 25.8 Å². The molecule has 1 aliphatic rings. The predicted octanol–water partition coefficient (Wildman–Crippen LogP) is 3.53. The zero-order valence-corrected chi connectivity index (χ0v) is 10.9. The van der Waals surface area contributed by atoms with Gasteiger partial charge in [-0.2, -0.15) is 11.8 Å². The molecule has 4 heteroatoms. The molecule has 1 aromatic rings. The molecule has 1 heterocycles. The second-order valence-corrected chi connectivity index (χ2v) is 5.29. The van der Waals surface area contributed by atoms with Crippen molar-refractivity contribution in [3.8, 4) is 5.75 Å². The molecule has 1 unspecified atom stereocenters. The van der Waals surface area contributed by atoms with Gasteiger partial charge in [0.05, 0.1) is 6.61 Å². The Balaban J connectivity index is 1.98. The van der Waals surface area contributed by atoms with E-state index in [2.05, 4.69) is 5.32 Å². The summed E-state index contributed by atoms with van der Waals surface area (Å²) in [5.41, 5.74) is 0.846. The fourth-order valence-electron chi connectivity index (χ4n) is 1.95. The highest BCUT2D eigenvalue weighted by Gasteiger charge is 2.14. The molecule has 0 radical (unpaired) electrons. The molecular formula is C13H18FNOS. The highest BCUT2D eigenvalue weighted by molar-refractivity contribution is 7.99. The topological polar surface area (TPSA) is 21.3 Å². The molecule has 94 valence electrons. The fourth-order valence-corrected chi connectivity index (χ4v) is 3.03. The predicted molar refractivity (Wildman–Crippen MR) is 71.5 cm³/mol. The number of anilines is 1. The molecule has 0 amide bonds. The number of rotatable bonds is 4. The van der Waals surface area contributed by atoms with Crippen LogP contribution in [0.25, 0.3) is 0 Å². The van der Waals surface area contributed by atoms with Crippen LogP contribution in [0, 0.1) is 5.82 Å². The number of thioether (sulfide) groups is 1. The summed E-state index contributed by atoms with van der Waals surface area (Å²) in [7, 11) is 0. The first-order chi connectivity index (χ1) is 8.29. The SMILES string of the molecule is CCOc1ccc(NC2CCCSC2)cc1F. The summed E-state index contributed by atoms with van der Waals surface area (Å²) in [5, 5.41) is 3.37. The Hall–Kier alpha value is -0.900. The molecule has 2 nitrogen and oxygen atoms in total. The molecule has 0 bridgehead atoms. The number of benzene rings is 1. The van der Waals surface area contributed by atoms with Gasteiger partial charge >= 0.3 is 0 Å². The van der Waals surface area contributed by atoms with Crippen molar-refractivity contribution in [1.82, 2.24) is 0 Å². The molecule has 17 heavy (non-hydrogen) atoms. The van der Waals surface area contributed by atoms with Crippen LogP contribution in [0.2, 0.25) is 0 Å². The third-order valence-corrected chi connectivity index (χ3v) is 3.98. The van der Waals surface area contributed by atoms with Crippen LogP contribution < -0.4 is 10.1 Å². The Labute approximate surface area is 106 Å². The van der Waals surface area contributed by atoms with Crippen LogP contribution in [-0.4, -0.2) is 24.2 Å². The first kappa shape index (κ1) is 12.6. The summed E-state index contributed by atoms with van der Waals surface area (Å²) < 4.78 is 18.8. The lowest BCUT2D eigenvalue weighted by Crippen LogP contribution is -2.25. The Morgan fingerprint density at radius 1 is 1.53 bits per heavy atom. The van der Waals surface area contributed by atoms with Crippen molar-refractivity contribution in [2.24, 2.45) is 0 Å². The van der Waals surface area contributed by atoms with E-state index in [0.29, 0.717) is 18.4 Å². The van der Waals surface area contributed by atoms with Gasteiger partial charge in [-0.05, 0) is 37.7 Å². The van der Waals surface area contributed by atoms with Crippen LogP contribution in [0.3, 0.4) is 0 Å². The maximum atomic E-state index is 13.6. The average molecular weight is 255 g/mol. The van der Waals surface area contributed by atoms with Crippen molar-refractivity contribution in [3.63, 3.8) is 0 Å². The van der Waals surface area contributed by atoms with Gasteiger partial charge in [-0.1, -0.05) is 0 Å². The normalized spacial score (nSPS) is 20.0. The Bertz CT molecular complexity index is 366. The number of nitrogens with one attached hydrogen (secondary N) is 1. The van der Waals surface area contributed by atoms with Crippen LogP contribution in [0.15, 0.2) is 18.2 Å². The third kappa shape index (κ3) is 3.53. The average Bonchev–Trinajstić information content (AvgIpc) is 2.34. The summed E-state index contributed by atoms with van der Waals surface area (Å²) in [5.74, 6) is 2.39. The molecule has 1 saturated heterocycles. The monoisotopic (exact) mass is 255 g/mol. The summed E-state index contributed by atoms with van der Waals surface area (Å²) >= 11 is 1.96. The van der Waals surface area contributed by atoms with E-state index < -0.39 is 0 Å². The lowest BCUT2D eigenvalue weighted by atomic mass is 10.1. The van der Waals surface area contributed by atoms with Crippen molar-refractivity contribution in [1.29, 1.82) is 0 Å². The molecule has 1 N–H and O–H groups in total. The maximum Gasteiger partial charge on any atom is 0.167 e. The van der Waals surface area contributed by atoms with Crippen LogP contribution in [0.4, 0.5) is 10.1 Å². The Kier molecular flexibility index (Phi) is 4.54. The minimum absolute atomic E-state index is 0.291. The fraction of sp³-hybridized carbons (Fsp3) is 0.538. The quantitative estimate of drug-likeness (QED) is 0.889. The standard InChI is InChI=1S/C13H18FNOS/c1-2-16-13-6-5-10(8-12(13)14)15-11-4-3-7-17-9-11/h5-6,8,11,15H,2-4,7,9H2,1H3. The molecule has 0 aromatic heterocycles. The van der Waals surface area contributed by atoms with E-state index in [9.17, 15) is 4.39 Å². The van der Waals surface area contributed by atoms with Crippen LogP contribution in [-0.2, 0) is 0 Å². The maximum absolute atomic E-state index is 13.6. The van der Waals surface area contributed by atoms with Crippen molar-refractivity contribution in [2.75, 3.05) is 23.4 Å². The molecule has 1 fully saturated rings. The molecule has 1 atom stereocenters. The minimum Gasteiger partial charge on any atom is -0.491 e. The first-order valence-electron chi connectivity index (χ1n) is 6.06. The molecule has 1 aromatic carbocycles. The van der Waals surface area contributed by atoms with E-state index in [0.717, 1.165) is 11.4 Å². The van der Waals surface area contributed by atoms with Crippen molar-refractivity contribution < 1.29 is 9.13 Å². The molecule has 0 saturated carbocycles. The van der Waals surface area contributed by atoms with Gasteiger partial charge in [-0.25, -0.2) is 4.39 Å². The summed E-state index contributed by atoms with van der Waals surface area (Å²) in [4.78, 5) is 0. The second kappa shape index (κ2) is 6.15. The van der Waals surface area contributed by atoms with Crippen molar-refractivity contribution >= 4 is 17.4 Å².